The smallest absolute Gasteiger partial charge is 0.234 e. The van der Waals surface area contributed by atoms with Gasteiger partial charge in [0.1, 0.15) is 11.9 Å². The zero-order valence-electron chi connectivity index (χ0n) is 31.2. The fourth-order valence-electron chi connectivity index (χ4n) is 7.34. The molecule has 0 aliphatic rings. The molecule has 47 heavy (non-hydrogen) atoms. The molecule has 1 heterocycles. The summed E-state index contributed by atoms with van der Waals surface area (Å²) in [5.41, 5.74) is 4.40. The third-order valence-electron chi connectivity index (χ3n) is 10.4. The van der Waals surface area contributed by atoms with Gasteiger partial charge in [0.2, 0.25) is 0 Å². The zero-order valence-corrected chi connectivity index (χ0v) is 31.2. The maximum atomic E-state index is 2.73. The lowest BCUT2D eigenvalue weighted by Gasteiger charge is -2.12. The fourth-order valence-corrected chi connectivity index (χ4v) is 7.34. The number of imidazole rings is 1. The first-order valence-electron chi connectivity index (χ1n) is 20.4. The van der Waals surface area contributed by atoms with Gasteiger partial charge < -0.3 is 0 Å². The minimum Gasteiger partial charge on any atom is -0.234 e. The van der Waals surface area contributed by atoms with Gasteiger partial charge in [-0.15, -0.1) is 0 Å². The van der Waals surface area contributed by atoms with Gasteiger partial charge in [-0.05, 0) is 42.7 Å². The molecule has 0 N–H and O–H groups in total. The largest absolute Gasteiger partial charge is 0.261 e. The van der Waals surface area contributed by atoms with E-state index in [0.29, 0.717) is 5.92 Å². The molecule has 1 atom stereocenters. The Morgan fingerprint density at radius 2 is 0.979 bits per heavy atom. The predicted molar refractivity (Wildman–Crippen MR) is 205 cm³/mol. The van der Waals surface area contributed by atoms with Crippen molar-refractivity contribution < 1.29 is 4.57 Å². The van der Waals surface area contributed by atoms with Gasteiger partial charge in [-0.3, -0.25) is 0 Å². The number of unbranched alkanes of at least 4 members (excludes halogenated alkanes) is 20. The van der Waals surface area contributed by atoms with Crippen molar-refractivity contribution in [2.45, 2.75) is 194 Å². The van der Waals surface area contributed by atoms with Gasteiger partial charge >= 0.3 is 0 Å². The summed E-state index contributed by atoms with van der Waals surface area (Å²) in [6, 6.07) is 22.3. The lowest BCUT2D eigenvalue weighted by atomic mass is 9.96. The molecule has 1 aromatic heterocycles. The lowest BCUT2D eigenvalue weighted by Crippen LogP contribution is -2.41. The summed E-state index contributed by atoms with van der Waals surface area (Å²) in [5.74, 6) is 2.03. The Labute approximate surface area is 291 Å². The molecule has 3 aromatic rings. The van der Waals surface area contributed by atoms with Crippen LogP contribution in [0, 0.1) is 0 Å². The number of nitrogens with zero attached hydrogens (tertiary/aromatic N) is 2. The SMILES string of the molecule is CCCCCCCCCCCCCCCCCCCn1cc(CC(C)c2ccccc2)[n+](CCCCCCC)c1Cc1ccccc1. The monoisotopic (exact) mass is 642 g/mol. The van der Waals surface area contributed by atoms with Crippen LogP contribution in [0.3, 0.4) is 0 Å². The average molecular weight is 642 g/mol. The van der Waals surface area contributed by atoms with Crippen LogP contribution in [0.2, 0.25) is 0 Å². The second-order valence-corrected chi connectivity index (χ2v) is 14.6. The molecule has 2 aromatic carbocycles. The van der Waals surface area contributed by atoms with Crippen LogP contribution in [-0.4, -0.2) is 4.57 Å². The molecule has 0 aliphatic carbocycles. The highest BCUT2D eigenvalue weighted by Gasteiger charge is 2.25. The topological polar surface area (TPSA) is 8.81 Å². The Kier molecular flexibility index (Phi) is 21.3. The number of aryl methyl sites for hydroxylation is 1. The molecule has 0 saturated heterocycles. The molecule has 0 amide bonds. The quantitative estimate of drug-likeness (QED) is 0.0527. The Balaban J connectivity index is 1.48. The zero-order chi connectivity index (χ0) is 33.2. The Hall–Kier alpha value is -2.35. The molecule has 0 fully saturated rings. The molecule has 0 radical (unpaired) electrons. The predicted octanol–water partition coefficient (Wildman–Crippen LogP) is 13.3. The molecule has 0 saturated carbocycles. The van der Waals surface area contributed by atoms with Gasteiger partial charge in [0.05, 0.1) is 19.5 Å². The third kappa shape index (κ3) is 16.5. The summed E-state index contributed by atoms with van der Waals surface area (Å²) >= 11 is 0. The van der Waals surface area contributed by atoms with Gasteiger partial charge in [-0.25, -0.2) is 9.13 Å². The van der Waals surface area contributed by atoms with E-state index in [9.17, 15) is 0 Å². The van der Waals surface area contributed by atoms with Crippen molar-refractivity contribution in [1.29, 1.82) is 0 Å². The second-order valence-electron chi connectivity index (χ2n) is 14.6. The van der Waals surface area contributed by atoms with E-state index in [1.165, 1.54) is 164 Å². The standard InChI is InChI=1S/C45H73N2/c1-4-6-8-10-11-12-13-14-15-16-17-18-19-20-21-23-30-36-46-40-44(38-41(3)43-34-28-25-29-35-43)47(37-31-22-9-7-5-2)45(46)39-42-32-26-24-27-33-42/h24-29,32-35,40-41H,4-23,30-31,36-39H2,1-3H3/q+1. The molecule has 262 valence electrons. The van der Waals surface area contributed by atoms with Crippen molar-refractivity contribution >= 4 is 0 Å². The van der Waals surface area contributed by atoms with Gasteiger partial charge in [0.15, 0.2) is 0 Å². The van der Waals surface area contributed by atoms with Crippen LogP contribution in [0.1, 0.15) is 191 Å². The lowest BCUT2D eigenvalue weighted by molar-refractivity contribution is -0.710. The molecule has 0 aliphatic heterocycles. The van der Waals surface area contributed by atoms with E-state index in [0.717, 1.165) is 25.9 Å². The molecule has 0 spiro atoms. The van der Waals surface area contributed by atoms with E-state index in [-0.39, 0.29) is 0 Å². The summed E-state index contributed by atoms with van der Waals surface area (Å²) < 4.78 is 5.38. The Bertz CT molecular complexity index is 1130. The van der Waals surface area contributed by atoms with Crippen molar-refractivity contribution in [1.82, 2.24) is 4.57 Å². The number of hydrogen-bond donors (Lipinski definition) is 0. The van der Waals surface area contributed by atoms with Crippen LogP contribution in [-0.2, 0) is 25.9 Å². The van der Waals surface area contributed by atoms with Gasteiger partial charge in [0, 0.05) is 6.42 Å². The molecular formula is C45H73N2+. The van der Waals surface area contributed by atoms with Crippen molar-refractivity contribution in [2.75, 3.05) is 0 Å². The van der Waals surface area contributed by atoms with E-state index >= 15 is 0 Å². The van der Waals surface area contributed by atoms with Crippen LogP contribution < -0.4 is 4.57 Å². The van der Waals surface area contributed by atoms with E-state index in [1.54, 1.807) is 0 Å². The summed E-state index contributed by atoms with van der Waals surface area (Å²) in [5, 5.41) is 0. The number of rotatable bonds is 29. The summed E-state index contributed by atoms with van der Waals surface area (Å²) in [4.78, 5) is 0. The van der Waals surface area contributed by atoms with Crippen molar-refractivity contribution in [3.63, 3.8) is 0 Å². The first-order chi connectivity index (χ1) is 23.2. The van der Waals surface area contributed by atoms with Crippen LogP contribution in [0.4, 0.5) is 0 Å². The normalized spacial score (nSPS) is 12.1. The number of aromatic nitrogens is 2. The molecule has 2 heteroatoms. The summed E-state index contributed by atoms with van der Waals surface area (Å²) in [6.45, 7) is 9.33. The molecule has 3 rings (SSSR count). The highest BCUT2D eigenvalue weighted by Crippen LogP contribution is 2.21. The Morgan fingerprint density at radius 1 is 0.532 bits per heavy atom. The highest BCUT2D eigenvalue weighted by atomic mass is 15.2. The maximum Gasteiger partial charge on any atom is 0.261 e. The molecule has 0 bridgehead atoms. The second kappa shape index (κ2) is 25.6. The van der Waals surface area contributed by atoms with E-state index in [1.807, 2.05) is 0 Å². The highest BCUT2D eigenvalue weighted by molar-refractivity contribution is 5.21. The van der Waals surface area contributed by atoms with Crippen LogP contribution in [0.5, 0.6) is 0 Å². The van der Waals surface area contributed by atoms with Crippen LogP contribution >= 0.6 is 0 Å². The van der Waals surface area contributed by atoms with Gasteiger partial charge in [0.25, 0.3) is 5.82 Å². The molecule has 1 unspecified atom stereocenters. The van der Waals surface area contributed by atoms with Gasteiger partial charge in [-0.2, -0.15) is 0 Å². The maximum absolute atomic E-state index is 2.73. The Morgan fingerprint density at radius 3 is 1.49 bits per heavy atom. The van der Waals surface area contributed by atoms with Crippen molar-refractivity contribution in [2.24, 2.45) is 0 Å². The minimum absolute atomic E-state index is 0.517. The average Bonchev–Trinajstić information content (AvgIpc) is 3.41. The van der Waals surface area contributed by atoms with Crippen molar-refractivity contribution in [3.8, 4) is 0 Å². The molecule has 2 nitrogen and oxygen atoms in total. The van der Waals surface area contributed by atoms with E-state index < -0.39 is 0 Å². The van der Waals surface area contributed by atoms with Crippen LogP contribution in [0.25, 0.3) is 0 Å². The summed E-state index contributed by atoms with van der Waals surface area (Å²) in [7, 11) is 0. The van der Waals surface area contributed by atoms with E-state index in [2.05, 4.69) is 96.8 Å². The first kappa shape index (κ1) is 39.1. The molecular weight excluding hydrogens is 569 g/mol. The van der Waals surface area contributed by atoms with E-state index in [4.69, 9.17) is 0 Å². The minimum atomic E-state index is 0.517. The first-order valence-corrected chi connectivity index (χ1v) is 20.4. The van der Waals surface area contributed by atoms with Crippen molar-refractivity contribution in [3.05, 3.63) is 89.5 Å². The third-order valence-corrected chi connectivity index (χ3v) is 10.4. The number of hydrogen-bond acceptors (Lipinski definition) is 0. The summed E-state index contributed by atoms with van der Waals surface area (Å²) in [6.07, 6.45) is 35.6. The number of benzene rings is 2. The van der Waals surface area contributed by atoms with Gasteiger partial charge in [-0.1, -0.05) is 197 Å². The van der Waals surface area contributed by atoms with Crippen LogP contribution in [0.15, 0.2) is 66.9 Å². The fraction of sp³-hybridized carbons (Fsp3) is 0.667.